The molecule has 3 aromatic rings. The molecule has 1 amide bonds. The van der Waals surface area contributed by atoms with E-state index in [4.69, 9.17) is 25.8 Å². The summed E-state index contributed by atoms with van der Waals surface area (Å²) in [6, 6.07) is 13.6. The summed E-state index contributed by atoms with van der Waals surface area (Å²) in [5.41, 5.74) is 1.92. The minimum atomic E-state index is -1.36. The number of carbonyl (C=O) groups excluding carboxylic acids is 2. The van der Waals surface area contributed by atoms with Gasteiger partial charge in [-0.25, -0.2) is 4.79 Å². The van der Waals surface area contributed by atoms with Crippen LogP contribution in [-0.2, 0) is 19.9 Å². The molecule has 1 N–H and O–H groups in total. The van der Waals surface area contributed by atoms with Gasteiger partial charge < -0.3 is 24.1 Å². The number of nitrogens with one attached hydrogen (secondary N) is 1. The van der Waals surface area contributed by atoms with Gasteiger partial charge in [-0.3, -0.25) is 4.79 Å². The Balaban J connectivity index is 2.05. The van der Waals surface area contributed by atoms with Crippen molar-refractivity contribution < 1.29 is 23.8 Å². The summed E-state index contributed by atoms with van der Waals surface area (Å²) in [5, 5.41) is 0.973. The molecule has 0 unspecified atom stereocenters. The summed E-state index contributed by atoms with van der Waals surface area (Å²) in [5.74, 6) is -0.185. The van der Waals surface area contributed by atoms with Gasteiger partial charge in [0, 0.05) is 28.9 Å². The van der Waals surface area contributed by atoms with E-state index < -0.39 is 11.5 Å². The number of para-hydroxylation sites is 2. The number of aromatic nitrogens is 1. The summed E-state index contributed by atoms with van der Waals surface area (Å²) >= 11 is 6.02. The van der Waals surface area contributed by atoms with E-state index in [1.165, 1.54) is 4.90 Å². The maximum Gasteiger partial charge on any atom is 0.338 e. The number of hydrogen-bond acceptors (Lipinski definition) is 5. The van der Waals surface area contributed by atoms with E-state index in [9.17, 15) is 9.59 Å². The molecule has 1 aromatic heterocycles. The van der Waals surface area contributed by atoms with Crippen LogP contribution in [0.5, 0.6) is 11.5 Å². The average Bonchev–Trinajstić information content (AvgIpc) is 3.25. The second-order valence-corrected chi connectivity index (χ2v) is 8.52. The fourth-order valence-electron chi connectivity index (χ4n) is 4.93. The van der Waals surface area contributed by atoms with Crippen molar-refractivity contribution >= 4 is 34.4 Å². The van der Waals surface area contributed by atoms with Crippen LogP contribution in [0.2, 0.25) is 0 Å². The Kier molecular flexibility index (Phi) is 6.75. The van der Waals surface area contributed by atoms with E-state index in [0.717, 1.165) is 22.0 Å². The third kappa shape index (κ3) is 3.68. The van der Waals surface area contributed by atoms with Crippen molar-refractivity contribution in [3.8, 4) is 11.5 Å². The Bertz CT molecular complexity index is 1220. The van der Waals surface area contributed by atoms with Crippen molar-refractivity contribution in [2.24, 2.45) is 0 Å². The Labute approximate surface area is 203 Å². The highest BCUT2D eigenvalue weighted by Crippen LogP contribution is 2.49. The highest BCUT2D eigenvalue weighted by Gasteiger charge is 2.53. The molecule has 0 spiro atoms. The molecule has 8 heteroatoms. The zero-order valence-corrected chi connectivity index (χ0v) is 20.6. The molecular formula is C26H29ClN2O5. The molecule has 2 aromatic carbocycles. The fourth-order valence-corrected chi connectivity index (χ4v) is 5.07. The zero-order valence-electron chi connectivity index (χ0n) is 19.8. The monoisotopic (exact) mass is 484 g/mol. The van der Waals surface area contributed by atoms with Crippen molar-refractivity contribution in [1.82, 2.24) is 9.88 Å². The van der Waals surface area contributed by atoms with Crippen LogP contribution in [0.4, 0.5) is 0 Å². The van der Waals surface area contributed by atoms with Crippen LogP contribution in [0.3, 0.4) is 0 Å². The lowest BCUT2D eigenvalue weighted by atomic mass is 9.77. The first-order valence-electron chi connectivity index (χ1n) is 11.4. The summed E-state index contributed by atoms with van der Waals surface area (Å²) < 4.78 is 17.1. The van der Waals surface area contributed by atoms with Gasteiger partial charge in [-0.1, -0.05) is 30.3 Å². The summed E-state index contributed by atoms with van der Waals surface area (Å²) in [4.78, 5) is 31.5. The maximum atomic E-state index is 13.4. The first kappa shape index (κ1) is 24.0. The Morgan fingerprint density at radius 2 is 1.91 bits per heavy atom. The predicted molar refractivity (Wildman–Crippen MR) is 131 cm³/mol. The second-order valence-electron chi connectivity index (χ2n) is 8.25. The Morgan fingerprint density at radius 1 is 1.15 bits per heavy atom. The molecule has 0 bridgehead atoms. The van der Waals surface area contributed by atoms with Crippen molar-refractivity contribution in [3.63, 3.8) is 0 Å². The molecule has 0 saturated carbocycles. The van der Waals surface area contributed by atoms with Gasteiger partial charge in [0.15, 0.2) is 17.0 Å². The normalized spacial score (nSPS) is 19.6. The molecule has 7 nitrogen and oxygen atoms in total. The first-order valence-corrected chi connectivity index (χ1v) is 11.9. The number of amides is 1. The number of benzene rings is 2. The number of halogens is 1. The van der Waals surface area contributed by atoms with Crippen LogP contribution in [0.25, 0.3) is 10.9 Å². The molecule has 1 aliphatic rings. The van der Waals surface area contributed by atoms with Crippen LogP contribution >= 0.6 is 11.6 Å². The molecule has 0 fully saturated rings. The van der Waals surface area contributed by atoms with Crippen molar-refractivity contribution in [2.75, 3.05) is 32.7 Å². The third-order valence-electron chi connectivity index (χ3n) is 6.47. The topological polar surface area (TPSA) is 80.9 Å². The largest absolute Gasteiger partial charge is 0.493 e. The molecule has 1 aliphatic heterocycles. The summed E-state index contributed by atoms with van der Waals surface area (Å²) in [6.45, 7) is 6.25. The number of aromatic amines is 1. The highest BCUT2D eigenvalue weighted by molar-refractivity contribution is 6.27. The number of rotatable bonds is 7. The smallest absolute Gasteiger partial charge is 0.338 e. The SMILES string of the molecule is CCOC(=O)[C@]1(C)c2[nH]c3ccccc3c2[C@H](c2cccc(OC)c2OCC)CN1C(=O)CCl. The molecule has 180 valence electrons. The van der Waals surface area contributed by atoms with E-state index in [-0.39, 0.29) is 30.9 Å². The molecule has 0 radical (unpaired) electrons. The maximum absolute atomic E-state index is 13.4. The van der Waals surface area contributed by atoms with Crippen LogP contribution in [0.15, 0.2) is 42.5 Å². The van der Waals surface area contributed by atoms with Gasteiger partial charge in [0.25, 0.3) is 0 Å². The number of ether oxygens (including phenoxy) is 3. The average molecular weight is 485 g/mol. The quantitative estimate of drug-likeness (QED) is 0.392. The predicted octanol–water partition coefficient (Wildman–Crippen LogP) is 4.57. The number of fused-ring (bicyclic) bond motifs is 3. The number of esters is 1. The van der Waals surface area contributed by atoms with Gasteiger partial charge in [-0.15, -0.1) is 11.6 Å². The van der Waals surface area contributed by atoms with Gasteiger partial charge >= 0.3 is 5.97 Å². The molecular weight excluding hydrogens is 456 g/mol. The zero-order chi connectivity index (χ0) is 24.5. The number of alkyl halides is 1. The molecule has 0 aliphatic carbocycles. The van der Waals surface area contributed by atoms with Gasteiger partial charge in [-0.05, 0) is 38.5 Å². The van der Waals surface area contributed by atoms with Gasteiger partial charge in [-0.2, -0.15) is 0 Å². The minimum absolute atomic E-state index is 0.195. The third-order valence-corrected chi connectivity index (χ3v) is 6.70. The number of H-pyrrole nitrogens is 1. The number of carbonyl (C=O) groups is 2. The van der Waals surface area contributed by atoms with Gasteiger partial charge in [0.1, 0.15) is 5.88 Å². The number of methoxy groups -OCH3 is 1. The van der Waals surface area contributed by atoms with Gasteiger partial charge in [0.2, 0.25) is 5.91 Å². The van der Waals surface area contributed by atoms with Crippen molar-refractivity contribution in [3.05, 3.63) is 59.3 Å². The van der Waals surface area contributed by atoms with Crippen LogP contribution in [-0.4, -0.2) is 54.5 Å². The van der Waals surface area contributed by atoms with Crippen molar-refractivity contribution in [1.29, 1.82) is 0 Å². The van der Waals surface area contributed by atoms with Crippen LogP contribution in [0, 0.1) is 0 Å². The number of hydrogen-bond donors (Lipinski definition) is 1. The standard InChI is InChI=1S/C26H29ClN2O5/c1-5-33-23-16(11-9-13-20(23)32-4)18-15-29(21(30)14-27)26(3,25(31)34-6-2)24-22(18)17-10-7-8-12-19(17)28-24/h7-13,18,28H,5-6,14-15H2,1-4H3/t18-,26-/m0/s1. The number of nitrogens with zero attached hydrogens (tertiary/aromatic N) is 1. The van der Waals surface area contributed by atoms with E-state index in [1.54, 1.807) is 21.0 Å². The molecule has 2 atom stereocenters. The van der Waals surface area contributed by atoms with Gasteiger partial charge in [0.05, 0.1) is 26.0 Å². The molecule has 4 rings (SSSR count). The molecule has 2 heterocycles. The van der Waals surface area contributed by atoms with Crippen LogP contribution in [0.1, 0.15) is 43.5 Å². The van der Waals surface area contributed by atoms with E-state index >= 15 is 0 Å². The Morgan fingerprint density at radius 3 is 2.59 bits per heavy atom. The van der Waals surface area contributed by atoms with E-state index in [0.29, 0.717) is 23.8 Å². The highest BCUT2D eigenvalue weighted by atomic mass is 35.5. The minimum Gasteiger partial charge on any atom is -0.493 e. The lowest BCUT2D eigenvalue weighted by molar-refractivity contribution is -0.164. The molecule has 0 saturated heterocycles. The summed E-state index contributed by atoms with van der Waals surface area (Å²) in [7, 11) is 1.60. The second kappa shape index (κ2) is 9.58. The van der Waals surface area contributed by atoms with E-state index in [2.05, 4.69) is 4.98 Å². The lowest BCUT2D eigenvalue weighted by Crippen LogP contribution is -2.58. The lowest BCUT2D eigenvalue weighted by Gasteiger charge is -2.45. The molecule has 34 heavy (non-hydrogen) atoms. The summed E-state index contributed by atoms with van der Waals surface area (Å²) in [6.07, 6.45) is 0. The van der Waals surface area contributed by atoms with Crippen LogP contribution < -0.4 is 9.47 Å². The first-order chi connectivity index (χ1) is 16.4. The van der Waals surface area contributed by atoms with E-state index in [1.807, 2.05) is 49.4 Å². The van der Waals surface area contributed by atoms with Crippen molar-refractivity contribution in [2.45, 2.75) is 32.2 Å². The fraction of sp³-hybridized carbons (Fsp3) is 0.385. The Hall–Kier alpha value is -3.19.